The van der Waals surface area contributed by atoms with Gasteiger partial charge in [-0.1, -0.05) is 17.7 Å². The molecule has 0 aliphatic carbocycles. The maximum atomic E-state index is 13.1. The third-order valence-corrected chi connectivity index (χ3v) is 5.68. The van der Waals surface area contributed by atoms with Crippen molar-refractivity contribution in [3.63, 3.8) is 0 Å². The quantitative estimate of drug-likeness (QED) is 0.399. The second-order valence-electron chi connectivity index (χ2n) is 7.06. The summed E-state index contributed by atoms with van der Waals surface area (Å²) in [5.41, 5.74) is 1.07. The first-order valence-electron chi connectivity index (χ1n) is 9.57. The minimum absolute atomic E-state index is 0.120. The van der Waals surface area contributed by atoms with Crippen LogP contribution in [-0.2, 0) is 9.59 Å². The number of nitrogens with zero attached hydrogens (tertiary/aromatic N) is 4. The van der Waals surface area contributed by atoms with Crippen LogP contribution in [-0.4, -0.2) is 54.9 Å². The van der Waals surface area contributed by atoms with Gasteiger partial charge in [0.2, 0.25) is 0 Å². The van der Waals surface area contributed by atoms with E-state index in [0.29, 0.717) is 26.2 Å². The normalized spacial score (nSPS) is 16.9. The van der Waals surface area contributed by atoms with Crippen LogP contribution >= 0.6 is 11.6 Å². The number of hydrogen-bond acceptors (Lipinski definition) is 7. The predicted molar refractivity (Wildman–Crippen MR) is 115 cm³/mol. The van der Waals surface area contributed by atoms with E-state index in [2.05, 4.69) is 4.90 Å². The molecule has 0 radical (unpaired) electrons. The van der Waals surface area contributed by atoms with E-state index in [1.807, 2.05) is 24.3 Å². The summed E-state index contributed by atoms with van der Waals surface area (Å²) in [7, 11) is 1.61. The van der Waals surface area contributed by atoms with Gasteiger partial charge in [0.15, 0.2) is 0 Å². The fourth-order valence-corrected chi connectivity index (χ4v) is 4.01. The second kappa shape index (κ2) is 8.27. The minimum atomic E-state index is -0.681. The summed E-state index contributed by atoms with van der Waals surface area (Å²) >= 11 is 6.26. The van der Waals surface area contributed by atoms with Crippen molar-refractivity contribution in [3.8, 4) is 5.75 Å². The Morgan fingerprint density at radius 1 is 0.935 bits per heavy atom. The van der Waals surface area contributed by atoms with Gasteiger partial charge in [-0.25, -0.2) is 4.90 Å². The molecule has 2 aliphatic rings. The van der Waals surface area contributed by atoms with Gasteiger partial charge < -0.3 is 14.5 Å². The molecule has 2 aromatic rings. The van der Waals surface area contributed by atoms with Gasteiger partial charge in [-0.05, 0) is 30.3 Å². The molecule has 31 heavy (non-hydrogen) atoms. The number of nitro groups is 1. The lowest BCUT2D eigenvalue weighted by molar-refractivity contribution is -0.384. The predicted octanol–water partition coefficient (Wildman–Crippen LogP) is 2.75. The van der Waals surface area contributed by atoms with Crippen molar-refractivity contribution < 1.29 is 19.2 Å². The van der Waals surface area contributed by atoms with Crippen LogP contribution < -0.4 is 14.5 Å². The Kier molecular flexibility index (Phi) is 5.51. The van der Waals surface area contributed by atoms with Crippen molar-refractivity contribution in [1.29, 1.82) is 0 Å². The van der Waals surface area contributed by atoms with Gasteiger partial charge in [0, 0.05) is 44.0 Å². The summed E-state index contributed by atoms with van der Waals surface area (Å²) in [6.07, 6.45) is 0. The summed E-state index contributed by atoms with van der Waals surface area (Å²) < 4.78 is 5.18. The number of carbonyl (C=O) groups is 2. The van der Waals surface area contributed by atoms with Gasteiger partial charge in [0.1, 0.15) is 16.5 Å². The van der Waals surface area contributed by atoms with Crippen molar-refractivity contribution in [2.45, 2.75) is 0 Å². The molecule has 0 saturated carbocycles. The molecule has 0 spiro atoms. The maximum Gasteiger partial charge on any atom is 0.283 e. The molecule has 0 atom stereocenters. The van der Waals surface area contributed by atoms with E-state index >= 15 is 0 Å². The zero-order chi connectivity index (χ0) is 22.1. The van der Waals surface area contributed by atoms with Crippen molar-refractivity contribution in [1.82, 2.24) is 4.90 Å². The number of imide groups is 1. The van der Waals surface area contributed by atoms with Crippen molar-refractivity contribution >= 4 is 40.5 Å². The Bertz CT molecular complexity index is 1080. The summed E-state index contributed by atoms with van der Waals surface area (Å²) in [6, 6.07) is 13.1. The molecule has 2 aliphatic heterocycles. The number of piperazine rings is 1. The Morgan fingerprint density at radius 2 is 1.58 bits per heavy atom. The van der Waals surface area contributed by atoms with Crippen LogP contribution in [0, 0.1) is 10.1 Å². The average Bonchev–Trinajstić information content (AvgIpc) is 3.02. The average molecular weight is 443 g/mol. The van der Waals surface area contributed by atoms with Crippen LogP contribution in [0.1, 0.15) is 0 Å². The Balaban J connectivity index is 1.50. The SMILES string of the molecule is COc1ccc(N2CCN(C3=C(Cl)C(=O)N(c4cccc([N+](=O)[O-])c4)C3=O)CC2)cc1. The molecule has 1 fully saturated rings. The molecular weight excluding hydrogens is 424 g/mol. The summed E-state index contributed by atoms with van der Waals surface area (Å²) in [5, 5.41) is 10.9. The first-order valence-corrected chi connectivity index (χ1v) is 9.95. The molecule has 0 bridgehead atoms. The molecule has 0 N–H and O–H groups in total. The molecule has 10 heteroatoms. The lowest BCUT2D eigenvalue weighted by Crippen LogP contribution is -2.47. The highest BCUT2D eigenvalue weighted by atomic mass is 35.5. The van der Waals surface area contributed by atoms with E-state index in [9.17, 15) is 19.7 Å². The van der Waals surface area contributed by atoms with Crippen molar-refractivity contribution in [2.75, 3.05) is 43.1 Å². The number of rotatable bonds is 5. The van der Waals surface area contributed by atoms with Gasteiger partial charge in [0.25, 0.3) is 17.5 Å². The van der Waals surface area contributed by atoms with E-state index in [1.165, 1.54) is 24.3 Å². The molecule has 2 amide bonds. The Labute approximate surface area is 183 Å². The van der Waals surface area contributed by atoms with Crippen LogP contribution in [0.2, 0.25) is 0 Å². The van der Waals surface area contributed by atoms with Gasteiger partial charge >= 0.3 is 0 Å². The van der Waals surface area contributed by atoms with E-state index in [4.69, 9.17) is 16.3 Å². The number of anilines is 2. The van der Waals surface area contributed by atoms with Gasteiger partial charge in [-0.2, -0.15) is 0 Å². The maximum absolute atomic E-state index is 13.1. The van der Waals surface area contributed by atoms with Crippen molar-refractivity contribution in [3.05, 3.63) is 69.4 Å². The van der Waals surface area contributed by atoms with Crippen LogP contribution in [0.15, 0.2) is 59.3 Å². The third-order valence-electron chi connectivity index (χ3n) is 5.34. The van der Waals surface area contributed by atoms with Crippen LogP contribution in [0.3, 0.4) is 0 Å². The zero-order valence-corrected chi connectivity index (χ0v) is 17.4. The topological polar surface area (TPSA) is 96.2 Å². The molecule has 4 rings (SSSR count). The standard InChI is InChI=1S/C21H19ClN4O5/c1-31-17-7-5-14(6-8-17)23-9-11-24(12-10-23)19-18(22)20(27)25(21(19)28)15-3-2-4-16(13-15)26(29)30/h2-8,13H,9-12H2,1H3. The lowest BCUT2D eigenvalue weighted by atomic mass is 10.2. The van der Waals surface area contributed by atoms with E-state index < -0.39 is 16.7 Å². The molecule has 160 valence electrons. The number of carbonyl (C=O) groups excluding carboxylic acids is 2. The summed E-state index contributed by atoms with van der Waals surface area (Å²) in [4.78, 5) is 41.1. The van der Waals surface area contributed by atoms with E-state index in [0.717, 1.165) is 16.3 Å². The lowest BCUT2D eigenvalue weighted by Gasteiger charge is -2.37. The molecule has 0 unspecified atom stereocenters. The number of halogens is 1. The van der Waals surface area contributed by atoms with Gasteiger partial charge in [-0.3, -0.25) is 19.7 Å². The second-order valence-corrected chi connectivity index (χ2v) is 7.44. The fourth-order valence-electron chi connectivity index (χ4n) is 3.73. The number of amides is 2. The first kappa shape index (κ1) is 20.7. The highest BCUT2D eigenvalue weighted by Gasteiger charge is 2.42. The first-order chi connectivity index (χ1) is 14.9. The number of hydrogen-bond donors (Lipinski definition) is 0. The molecular formula is C21H19ClN4O5. The zero-order valence-electron chi connectivity index (χ0n) is 16.7. The summed E-state index contributed by atoms with van der Waals surface area (Å²) in [5.74, 6) is -0.483. The highest BCUT2D eigenvalue weighted by molar-refractivity contribution is 6.52. The smallest absolute Gasteiger partial charge is 0.283 e. The van der Waals surface area contributed by atoms with Crippen molar-refractivity contribution in [2.24, 2.45) is 0 Å². The number of methoxy groups -OCH3 is 1. The highest BCUT2D eigenvalue weighted by Crippen LogP contribution is 2.33. The van der Waals surface area contributed by atoms with Crippen LogP contribution in [0.5, 0.6) is 5.75 Å². The molecule has 2 heterocycles. The molecule has 1 saturated heterocycles. The van der Waals surface area contributed by atoms with Gasteiger partial charge in [0.05, 0.1) is 17.7 Å². The fraction of sp³-hybridized carbons (Fsp3) is 0.238. The minimum Gasteiger partial charge on any atom is -0.497 e. The number of non-ortho nitro benzene ring substituents is 1. The van der Waals surface area contributed by atoms with E-state index in [1.54, 1.807) is 12.0 Å². The van der Waals surface area contributed by atoms with E-state index in [-0.39, 0.29) is 22.1 Å². The molecule has 2 aromatic carbocycles. The number of benzene rings is 2. The molecule has 0 aromatic heterocycles. The van der Waals surface area contributed by atoms with Crippen LogP contribution in [0.4, 0.5) is 17.1 Å². The summed E-state index contributed by atoms with van der Waals surface area (Å²) in [6.45, 7) is 2.27. The molecule has 9 nitrogen and oxygen atoms in total. The third kappa shape index (κ3) is 3.79. The monoisotopic (exact) mass is 442 g/mol. The Hall–Kier alpha value is -3.59. The number of ether oxygens (including phenoxy) is 1. The van der Waals surface area contributed by atoms with Crippen LogP contribution in [0.25, 0.3) is 0 Å². The number of nitro benzene ring substituents is 1. The Morgan fingerprint density at radius 3 is 2.19 bits per heavy atom. The van der Waals surface area contributed by atoms with Gasteiger partial charge in [-0.15, -0.1) is 0 Å². The largest absolute Gasteiger partial charge is 0.497 e.